The van der Waals surface area contributed by atoms with Gasteiger partial charge in [0.05, 0.1) is 17.5 Å². The number of aromatic nitrogens is 6. The van der Waals surface area contributed by atoms with Gasteiger partial charge in [-0.15, -0.1) is 10.2 Å². The minimum absolute atomic E-state index is 0.0165. The van der Waals surface area contributed by atoms with Crippen molar-refractivity contribution in [3.63, 3.8) is 0 Å². The van der Waals surface area contributed by atoms with Gasteiger partial charge in [0.15, 0.2) is 11.6 Å². The van der Waals surface area contributed by atoms with Gasteiger partial charge in [0.2, 0.25) is 0 Å². The molecule has 6 heterocycles. The summed E-state index contributed by atoms with van der Waals surface area (Å²) in [5.74, 6) is -0.0713. The fraction of sp³-hybridized carbons (Fsp3) is 0.424. The van der Waals surface area contributed by atoms with Crippen LogP contribution < -0.4 is 9.64 Å². The maximum atomic E-state index is 16.9. The molecule has 10 nitrogen and oxygen atoms in total. The zero-order valence-electron chi connectivity index (χ0n) is 25.4. The van der Waals surface area contributed by atoms with Crippen molar-refractivity contribution in [1.82, 2.24) is 34.6 Å². The zero-order valence-corrected chi connectivity index (χ0v) is 25.4. The average Bonchev–Trinajstić information content (AvgIpc) is 3.69. The summed E-state index contributed by atoms with van der Waals surface area (Å²) < 4.78 is 54.6. The molecule has 3 aliphatic rings. The van der Waals surface area contributed by atoms with Crippen LogP contribution in [0.15, 0.2) is 36.8 Å². The van der Waals surface area contributed by atoms with E-state index in [1.54, 1.807) is 12.4 Å². The molecule has 0 saturated carbocycles. The van der Waals surface area contributed by atoms with Crippen LogP contribution >= 0.6 is 0 Å². The number of halogens is 3. The van der Waals surface area contributed by atoms with Crippen LogP contribution in [-0.2, 0) is 19.5 Å². The molecule has 0 amide bonds. The Morgan fingerprint density at radius 3 is 2.87 bits per heavy atom. The lowest BCUT2D eigenvalue weighted by molar-refractivity contribution is 0.107. The highest BCUT2D eigenvalue weighted by Gasteiger charge is 2.49. The first-order chi connectivity index (χ1) is 22.3. The van der Waals surface area contributed by atoms with Crippen LogP contribution in [0, 0.1) is 11.6 Å². The Morgan fingerprint density at radius 2 is 2.00 bits per heavy atom. The third kappa shape index (κ3) is 4.70. The lowest BCUT2D eigenvalue weighted by Crippen LogP contribution is -2.43. The maximum Gasteiger partial charge on any atom is 0.319 e. The topological polar surface area (TPSA) is 105 Å². The first kappa shape index (κ1) is 28.9. The smallest absolute Gasteiger partial charge is 0.319 e. The number of rotatable bonds is 6. The van der Waals surface area contributed by atoms with E-state index in [2.05, 4.69) is 25.1 Å². The highest BCUT2D eigenvalue weighted by atomic mass is 19.1. The molecule has 5 aromatic rings. The summed E-state index contributed by atoms with van der Waals surface area (Å²) in [5.41, 5.74) is 0.128. The van der Waals surface area contributed by atoms with Crippen LogP contribution in [0.5, 0.6) is 11.8 Å². The zero-order chi connectivity index (χ0) is 31.6. The minimum atomic E-state index is -0.924. The monoisotopic (exact) mass is 630 g/mol. The molecule has 0 bridgehead atoms. The van der Waals surface area contributed by atoms with Crippen molar-refractivity contribution >= 4 is 27.5 Å². The van der Waals surface area contributed by atoms with Crippen LogP contribution in [0.2, 0.25) is 0 Å². The van der Waals surface area contributed by atoms with Gasteiger partial charge >= 0.3 is 6.01 Å². The van der Waals surface area contributed by atoms with Crippen molar-refractivity contribution in [3.05, 3.63) is 59.8 Å². The Kier molecular flexibility index (Phi) is 6.96. The molecule has 8 rings (SSSR count). The van der Waals surface area contributed by atoms with Gasteiger partial charge in [-0.1, -0.05) is 13.0 Å². The lowest BCUT2D eigenvalue weighted by atomic mass is 9.94. The standard InChI is InChI=1S/C33H33F3N8O2/c1-2-22-25(35)6-5-19-11-21(45)12-23(27(19)22)29-28(36)30-24(14-37-29)31(42-8-4-9-43-18-38-41-26(43)16-42)40-32(39-30)46-17-33-7-3-10-44(33)15-20(34)13-33/h5-6,11-12,14,18,20,45H,2-4,7-10,13,15-17H2,1H3/t20-,33+/m1/s1. The quantitative estimate of drug-likeness (QED) is 0.266. The Bertz CT molecular complexity index is 1990. The Balaban J connectivity index is 1.28. The number of pyridine rings is 1. The Hall–Kier alpha value is -4.52. The van der Waals surface area contributed by atoms with Crippen molar-refractivity contribution < 1.29 is 23.0 Å². The molecule has 0 radical (unpaired) electrons. The van der Waals surface area contributed by atoms with E-state index in [9.17, 15) is 13.9 Å². The van der Waals surface area contributed by atoms with Gasteiger partial charge in [-0.3, -0.25) is 9.88 Å². The number of fused-ring (bicyclic) bond motifs is 4. The molecule has 2 saturated heterocycles. The van der Waals surface area contributed by atoms with Gasteiger partial charge in [0.1, 0.15) is 47.7 Å². The number of aryl methyl sites for hydroxylation is 2. The van der Waals surface area contributed by atoms with E-state index in [4.69, 9.17) is 9.72 Å². The van der Waals surface area contributed by atoms with Crippen molar-refractivity contribution in [2.75, 3.05) is 31.1 Å². The Labute approximate surface area is 262 Å². The summed E-state index contributed by atoms with van der Waals surface area (Å²) in [6, 6.07) is 5.82. The van der Waals surface area contributed by atoms with Gasteiger partial charge in [0.25, 0.3) is 0 Å². The molecule has 238 valence electrons. The molecule has 0 spiro atoms. The van der Waals surface area contributed by atoms with Gasteiger partial charge in [-0.25, -0.2) is 13.2 Å². The SMILES string of the molecule is CCc1c(F)ccc2cc(O)cc(-c3ncc4c(N5CCCn6cnnc6C5)nc(OC[C@@]56CCCN5C[C@H](F)C6)nc4c3F)c12. The normalized spacial score (nSPS) is 21.6. The first-order valence-corrected chi connectivity index (χ1v) is 15.8. The van der Waals surface area contributed by atoms with E-state index < -0.39 is 23.3 Å². The number of alkyl halides is 1. The molecule has 2 aromatic carbocycles. The highest BCUT2D eigenvalue weighted by molar-refractivity contribution is 6.01. The number of phenols is 1. The number of nitrogens with zero attached hydrogens (tertiary/aromatic N) is 8. The number of benzene rings is 2. The summed E-state index contributed by atoms with van der Waals surface area (Å²) in [6.45, 7) is 4.91. The van der Waals surface area contributed by atoms with Crippen LogP contribution in [0.25, 0.3) is 32.9 Å². The molecule has 2 atom stereocenters. The summed E-state index contributed by atoms with van der Waals surface area (Å²) in [7, 11) is 0. The van der Waals surface area contributed by atoms with Crippen LogP contribution in [0.4, 0.5) is 19.0 Å². The summed E-state index contributed by atoms with van der Waals surface area (Å²) in [6.07, 6.45) is 5.56. The van der Waals surface area contributed by atoms with Crippen LogP contribution in [0.1, 0.15) is 44.0 Å². The molecule has 0 unspecified atom stereocenters. The third-order valence-corrected chi connectivity index (χ3v) is 9.79. The van der Waals surface area contributed by atoms with Crippen molar-refractivity contribution in [2.45, 2.75) is 63.8 Å². The van der Waals surface area contributed by atoms with Crippen LogP contribution in [-0.4, -0.2) is 77.7 Å². The molecule has 0 aliphatic carbocycles. The maximum absolute atomic E-state index is 16.9. The summed E-state index contributed by atoms with van der Waals surface area (Å²) in [5, 5.41) is 20.3. The van der Waals surface area contributed by atoms with Gasteiger partial charge < -0.3 is 19.3 Å². The van der Waals surface area contributed by atoms with E-state index in [0.29, 0.717) is 60.0 Å². The van der Waals surface area contributed by atoms with Crippen molar-refractivity contribution in [1.29, 1.82) is 0 Å². The fourth-order valence-electron chi connectivity index (χ4n) is 7.65. The summed E-state index contributed by atoms with van der Waals surface area (Å²) >= 11 is 0. The molecule has 3 aromatic heterocycles. The number of aromatic hydroxyl groups is 1. The van der Waals surface area contributed by atoms with E-state index in [1.807, 2.05) is 16.4 Å². The molecule has 3 aliphatic heterocycles. The number of ether oxygens (including phenoxy) is 1. The second-order valence-electron chi connectivity index (χ2n) is 12.6. The van der Waals surface area contributed by atoms with Gasteiger partial charge in [-0.2, -0.15) is 9.97 Å². The number of hydrogen-bond acceptors (Lipinski definition) is 9. The number of anilines is 1. The molecule has 46 heavy (non-hydrogen) atoms. The van der Waals surface area contributed by atoms with Gasteiger partial charge in [0, 0.05) is 37.8 Å². The third-order valence-electron chi connectivity index (χ3n) is 9.79. The van der Waals surface area contributed by atoms with E-state index in [1.165, 1.54) is 24.4 Å². The highest BCUT2D eigenvalue weighted by Crippen LogP contribution is 2.42. The molecule has 2 fully saturated rings. The second kappa shape index (κ2) is 11.1. The second-order valence-corrected chi connectivity index (χ2v) is 12.6. The molecule has 1 N–H and O–H groups in total. The van der Waals surface area contributed by atoms with Crippen molar-refractivity contribution in [2.24, 2.45) is 0 Å². The largest absolute Gasteiger partial charge is 0.508 e. The number of hydrogen-bond donors (Lipinski definition) is 1. The van der Waals surface area contributed by atoms with E-state index >= 15 is 4.39 Å². The molecular formula is C33H33F3N8O2. The number of phenolic OH excluding ortho intramolecular Hbond substituents is 1. The van der Waals surface area contributed by atoms with Gasteiger partial charge in [-0.05, 0) is 66.8 Å². The van der Waals surface area contributed by atoms with Crippen LogP contribution in [0.3, 0.4) is 0 Å². The first-order valence-electron chi connectivity index (χ1n) is 15.8. The van der Waals surface area contributed by atoms with E-state index in [0.717, 1.165) is 38.2 Å². The lowest BCUT2D eigenvalue weighted by Gasteiger charge is -2.31. The Morgan fingerprint density at radius 1 is 1.11 bits per heavy atom. The van der Waals surface area contributed by atoms with Crippen molar-refractivity contribution in [3.8, 4) is 23.0 Å². The van der Waals surface area contributed by atoms with E-state index in [-0.39, 0.29) is 35.1 Å². The average molecular weight is 631 g/mol. The predicted octanol–water partition coefficient (Wildman–Crippen LogP) is 5.35. The fourth-order valence-corrected chi connectivity index (χ4v) is 7.65. The molecule has 13 heteroatoms. The molecular weight excluding hydrogens is 597 g/mol. The summed E-state index contributed by atoms with van der Waals surface area (Å²) in [4.78, 5) is 18.0. The predicted molar refractivity (Wildman–Crippen MR) is 165 cm³/mol. The minimum Gasteiger partial charge on any atom is -0.508 e.